The van der Waals surface area contributed by atoms with E-state index in [1.165, 1.54) is 12.8 Å². The summed E-state index contributed by atoms with van der Waals surface area (Å²) in [6.07, 6.45) is 4.46. The second-order valence-corrected chi connectivity index (χ2v) is 5.58. The van der Waals surface area contributed by atoms with Crippen LogP contribution in [0.2, 0.25) is 10.0 Å². The Morgan fingerprint density at radius 2 is 2.00 bits per heavy atom. The van der Waals surface area contributed by atoms with Gasteiger partial charge in [-0.25, -0.2) is 4.68 Å². The number of rotatable bonds is 5. The highest BCUT2D eigenvalue weighted by atomic mass is 35.5. The summed E-state index contributed by atoms with van der Waals surface area (Å²) in [5.41, 5.74) is 1.81. The maximum atomic E-state index is 6.14. The fourth-order valence-electron chi connectivity index (χ4n) is 1.88. The Bertz CT molecular complexity index is 558. The Balaban J connectivity index is 1.68. The Morgan fingerprint density at radius 3 is 2.68 bits per heavy atom. The number of nitrogens with one attached hydrogen (secondary N) is 1. The zero-order valence-corrected chi connectivity index (χ0v) is 11.8. The number of nitrogens with zero attached hydrogens (tertiary/aromatic N) is 3. The summed E-state index contributed by atoms with van der Waals surface area (Å²) in [6.45, 7) is 1.30. The average molecular weight is 297 g/mol. The fraction of sp³-hybridized carbons (Fsp3) is 0.385. The van der Waals surface area contributed by atoms with E-state index in [1.807, 2.05) is 24.4 Å². The number of benzene rings is 1. The van der Waals surface area contributed by atoms with E-state index in [9.17, 15) is 0 Å². The van der Waals surface area contributed by atoms with Gasteiger partial charge in [-0.15, -0.1) is 5.10 Å². The molecule has 0 saturated heterocycles. The minimum atomic E-state index is 0.537. The van der Waals surface area contributed by atoms with Gasteiger partial charge in [-0.3, -0.25) is 0 Å². The van der Waals surface area contributed by atoms with Crippen LogP contribution in [0.25, 0.3) is 0 Å². The van der Waals surface area contributed by atoms with E-state index in [2.05, 4.69) is 15.6 Å². The van der Waals surface area contributed by atoms with Crippen LogP contribution in [-0.4, -0.2) is 21.0 Å². The molecule has 0 radical (unpaired) electrons. The SMILES string of the molecule is Clc1cccc(Cl)c1Cn1cc(CNC2CC2)nn1. The smallest absolute Gasteiger partial charge is 0.0965 e. The topological polar surface area (TPSA) is 42.7 Å². The highest BCUT2D eigenvalue weighted by Gasteiger charge is 2.20. The van der Waals surface area contributed by atoms with Crippen LogP contribution in [0, 0.1) is 0 Å². The van der Waals surface area contributed by atoms with Crippen LogP contribution in [0.4, 0.5) is 0 Å². The van der Waals surface area contributed by atoms with Gasteiger partial charge in [-0.2, -0.15) is 0 Å². The molecule has 1 aliphatic rings. The maximum absolute atomic E-state index is 6.14. The highest BCUT2D eigenvalue weighted by molar-refractivity contribution is 6.35. The predicted octanol–water partition coefficient (Wildman–Crippen LogP) is 2.89. The molecule has 0 bridgehead atoms. The lowest BCUT2D eigenvalue weighted by Crippen LogP contribution is -2.15. The van der Waals surface area contributed by atoms with Crippen molar-refractivity contribution in [2.24, 2.45) is 0 Å². The molecule has 4 nitrogen and oxygen atoms in total. The summed E-state index contributed by atoms with van der Waals surface area (Å²) in [5.74, 6) is 0. The number of halogens is 2. The second-order valence-electron chi connectivity index (χ2n) is 4.76. The first-order chi connectivity index (χ1) is 9.22. The van der Waals surface area contributed by atoms with Crippen molar-refractivity contribution in [3.05, 3.63) is 45.7 Å². The van der Waals surface area contributed by atoms with Gasteiger partial charge in [0, 0.05) is 28.2 Å². The lowest BCUT2D eigenvalue weighted by atomic mass is 10.2. The van der Waals surface area contributed by atoms with Crippen LogP contribution in [-0.2, 0) is 13.1 Å². The normalized spacial score (nSPS) is 14.8. The van der Waals surface area contributed by atoms with Gasteiger partial charge in [0.05, 0.1) is 18.4 Å². The summed E-state index contributed by atoms with van der Waals surface area (Å²) in [6, 6.07) is 6.16. The third kappa shape index (κ3) is 3.26. The summed E-state index contributed by atoms with van der Waals surface area (Å²) in [7, 11) is 0. The summed E-state index contributed by atoms with van der Waals surface area (Å²) < 4.78 is 1.76. The average Bonchev–Trinajstić information content (AvgIpc) is 3.11. The minimum Gasteiger partial charge on any atom is -0.308 e. The molecule has 0 unspecified atom stereocenters. The standard InChI is InChI=1S/C13H14Cl2N4/c14-12-2-1-3-13(15)11(12)8-19-7-10(17-18-19)6-16-9-4-5-9/h1-3,7,9,16H,4-6,8H2. The highest BCUT2D eigenvalue weighted by Crippen LogP contribution is 2.25. The Morgan fingerprint density at radius 1 is 1.26 bits per heavy atom. The number of hydrogen-bond donors (Lipinski definition) is 1. The zero-order valence-electron chi connectivity index (χ0n) is 10.3. The summed E-state index contributed by atoms with van der Waals surface area (Å²) >= 11 is 12.3. The molecule has 1 aromatic heterocycles. The minimum absolute atomic E-state index is 0.537. The molecule has 0 spiro atoms. The molecule has 100 valence electrons. The van der Waals surface area contributed by atoms with Crippen LogP contribution < -0.4 is 5.32 Å². The van der Waals surface area contributed by atoms with Crippen LogP contribution >= 0.6 is 23.2 Å². The first-order valence-electron chi connectivity index (χ1n) is 6.27. The van der Waals surface area contributed by atoms with Crippen molar-refractivity contribution in [1.82, 2.24) is 20.3 Å². The molecular weight excluding hydrogens is 283 g/mol. The Labute approximate surface area is 121 Å². The molecule has 1 aromatic carbocycles. The van der Waals surface area contributed by atoms with E-state index in [0.717, 1.165) is 17.8 Å². The van der Waals surface area contributed by atoms with E-state index < -0.39 is 0 Å². The van der Waals surface area contributed by atoms with Crippen LogP contribution in [0.5, 0.6) is 0 Å². The molecule has 1 saturated carbocycles. The zero-order chi connectivity index (χ0) is 13.2. The van der Waals surface area contributed by atoms with Crippen molar-refractivity contribution in [3.63, 3.8) is 0 Å². The number of aromatic nitrogens is 3. The van der Waals surface area contributed by atoms with Gasteiger partial charge in [0.15, 0.2) is 0 Å². The molecule has 2 aromatic rings. The van der Waals surface area contributed by atoms with E-state index in [0.29, 0.717) is 22.6 Å². The number of hydrogen-bond acceptors (Lipinski definition) is 3. The van der Waals surface area contributed by atoms with Crippen molar-refractivity contribution >= 4 is 23.2 Å². The lowest BCUT2D eigenvalue weighted by molar-refractivity contribution is 0.646. The Kier molecular flexibility index (Phi) is 3.73. The van der Waals surface area contributed by atoms with Gasteiger partial charge in [0.2, 0.25) is 0 Å². The van der Waals surface area contributed by atoms with Crippen molar-refractivity contribution in [1.29, 1.82) is 0 Å². The molecule has 0 atom stereocenters. The molecule has 1 fully saturated rings. The van der Waals surface area contributed by atoms with Crippen molar-refractivity contribution in [2.45, 2.75) is 32.0 Å². The summed E-state index contributed by atoms with van der Waals surface area (Å²) in [5, 5.41) is 12.9. The quantitative estimate of drug-likeness (QED) is 0.922. The van der Waals surface area contributed by atoms with E-state index in [-0.39, 0.29) is 0 Å². The third-order valence-electron chi connectivity index (χ3n) is 3.12. The van der Waals surface area contributed by atoms with Gasteiger partial charge in [0.25, 0.3) is 0 Å². The molecule has 1 N–H and O–H groups in total. The first kappa shape index (κ1) is 12.9. The Hall–Kier alpha value is -1.10. The molecular formula is C13H14Cl2N4. The van der Waals surface area contributed by atoms with E-state index >= 15 is 0 Å². The van der Waals surface area contributed by atoms with Crippen molar-refractivity contribution in [2.75, 3.05) is 0 Å². The molecule has 0 amide bonds. The van der Waals surface area contributed by atoms with Crippen LogP contribution in [0.1, 0.15) is 24.1 Å². The monoisotopic (exact) mass is 296 g/mol. The molecule has 0 aliphatic heterocycles. The van der Waals surface area contributed by atoms with E-state index in [1.54, 1.807) is 4.68 Å². The first-order valence-corrected chi connectivity index (χ1v) is 7.03. The van der Waals surface area contributed by atoms with Gasteiger partial charge in [-0.05, 0) is 25.0 Å². The molecule has 6 heteroatoms. The fourth-order valence-corrected chi connectivity index (χ4v) is 2.40. The van der Waals surface area contributed by atoms with Gasteiger partial charge in [-0.1, -0.05) is 34.5 Å². The molecule has 1 aliphatic carbocycles. The third-order valence-corrected chi connectivity index (χ3v) is 3.83. The van der Waals surface area contributed by atoms with Gasteiger partial charge in [0.1, 0.15) is 0 Å². The largest absolute Gasteiger partial charge is 0.308 e. The van der Waals surface area contributed by atoms with Gasteiger partial charge >= 0.3 is 0 Å². The van der Waals surface area contributed by atoms with Gasteiger partial charge < -0.3 is 5.32 Å². The summed E-state index contributed by atoms with van der Waals surface area (Å²) in [4.78, 5) is 0. The predicted molar refractivity (Wildman–Crippen MR) is 75.4 cm³/mol. The maximum Gasteiger partial charge on any atom is 0.0965 e. The van der Waals surface area contributed by atoms with Crippen LogP contribution in [0.15, 0.2) is 24.4 Å². The molecule has 19 heavy (non-hydrogen) atoms. The van der Waals surface area contributed by atoms with E-state index in [4.69, 9.17) is 23.2 Å². The van der Waals surface area contributed by atoms with Crippen molar-refractivity contribution < 1.29 is 0 Å². The van der Waals surface area contributed by atoms with Crippen LogP contribution in [0.3, 0.4) is 0 Å². The van der Waals surface area contributed by atoms with Crippen molar-refractivity contribution in [3.8, 4) is 0 Å². The molecule has 1 heterocycles. The molecule has 3 rings (SSSR count). The lowest BCUT2D eigenvalue weighted by Gasteiger charge is -2.05. The second kappa shape index (κ2) is 5.49.